The monoisotopic (exact) mass is 437 g/mol. The topological polar surface area (TPSA) is 113 Å². The molecule has 1 aliphatic heterocycles. The molecule has 3 rings (SSSR count). The molecule has 2 aromatic carbocycles. The van der Waals surface area contributed by atoms with E-state index in [9.17, 15) is 21.6 Å². The van der Waals surface area contributed by atoms with E-state index in [0.29, 0.717) is 24.2 Å². The summed E-state index contributed by atoms with van der Waals surface area (Å²) in [4.78, 5) is 13.4. The molecular formula is C19H23N3O5S2. The molecule has 1 unspecified atom stereocenters. The maximum atomic E-state index is 12.8. The van der Waals surface area contributed by atoms with Crippen molar-refractivity contribution in [2.45, 2.75) is 31.2 Å². The van der Waals surface area contributed by atoms with E-state index < -0.39 is 26.1 Å². The summed E-state index contributed by atoms with van der Waals surface area (Å²) >= 11 is 0. The van der Waals surface area contributed by atoms with Gasteiger partial charge in [0.15, 0.2) is 0 Å². The van der Waals surface area contributed by atoms with Crippen molar-refractivity contribution in [3.05, 3.63) is 53.6 Å². The summed E-state index contributed by atoms with van der Waals surface area (Å²) in [7, 11) is -7.24. The van der Waals surface area contributed by atoms with Crippen LogP contribution < -0.4 is 14.3 Å². The van der Waals surface area contributed by atoms with Crippen molar-refractivity contribution >= 4 is 37.3 Å². The van der Waals surface area contributed by atoms with Crippen molar-refractivity contribution in [3.8, 4) is 0 Å². The molecular weight excluding hydrogens is 414 g/mol. The summed E-state index contributed by atoms with van der Waals surface area (Å²) in [5.41, 5.74) is 2.53. The predicted octanol–water partition coefficient (Wildman–Crippen LogP) is 2.01. The van der Waals surface area contributed by atoms with Gasteiger partial charge in [0.2, 0.25) is 26.0 Å². The number of hydrogen-bond acceptors (Lipinski definition) is 5. The highest BCUT2D eigenvalue weighted by molar-refractivity contribution is 7.92. The summed E-state index contributed by atoms with van der Waals surface area (Å²) < 4.78 is 53.5. The van der Waals surface area contributed by atoms with Gasteiger partial charge in [0.1, 0.15) is 0 Å². The number of carbonyl (C=O) groups is 1. The molecule has 0 radical (unpaired) electrons. The zero-order chi connectivity index (χ0) is 21.4. The van der Waals surface area contributed by atoms with Crippen LogP contribution in [0.2, 0.25) is 0 Å². The number of hydrogen-bond donors (Lipinski definition) is 2. The number of nitrogens with zero attached hydrogens (tertiary/aromatic N) is 1. The van der Waals surface area contributed by atoms with Gasteiger partial charge in [-0.05, 0) is 54.8 Å². The van der Waals surface area contributed by atoms with Crippen LogP contribution in [0.4, 0.5) is 11.4 Å². The van der Waals surface area contributed by atoms with Gasteiger partial charge in [-0.1, -0.05) is 12.1 Å². The average molecular weight is 438 g/mol. The molecule has 0 bridgehead atoms. The highest BCUT2D eigenvalue weighted by Crippen LogP contribution is 2.30. The molecule has 0 aliphatic carbocycles. The number of sulfonamides is 2. The lowest BCUT2D eigenvalue weighted by molar-refractivity contribution is -0.116. The Morgan fingerprint density at radius 1 is 1.10 bits per heavy atom. The second kappa shape index (κ2) is 7.77. The van der Waals surface area contributed by atoms with Crippen LogP contribution in [0.25, 0.3) is 0 Å². The van der Waals surface area contributed by atoms with E-state index in [4.69, 9.17) is 0 Å². The lowest BCUT2D eigenvalue weighted by Gasteiger charge is -2.17. The predicted molar refractivity (Wildman–Crippen MR) is 112 cm³/mol. The van der Waals surface area contributed by atoms with Gasteiger partial charge in [0.25, 0.3) is 0 Å². The number of fused-ring (bicyclic) bond motifs is 1. The molecule has 1 aliphatic rings. The van der Waals surface area contributed by atoms with Gasteiger partial charge in [-0.25, -0.2) is 21.6 Å². The minimum atomic E-state index is -3.81. The molecule has 0 spiro atoms. The maximum absolute atomic E-state index is 12.8. The zero-order valence-corrected chi connectivity index (χ0v) is 18.0. The van der Waals surface area contributed by atoms with Crippen LogP contribution in [0.5, 0.6) is 0 Å². The van der Waals surface area contributed by atoms with Crippen molar-refractivity contribution in [3.63, 3.8) is 0 Å². The van der Waals surface area contributed by atoms with Gasteiger partial charge in [0.05, 0.1) is 11.2 Å². The van der Waals surface area contributed by atoms with Crippen LogP contribution in [-0.4, -0.2) is 35.5 Å². The molecule has 0 aromatic heterocycles. The van der Waals surface area contributed by atoms with E-state index >= 15 is 0 Å². The minimum Gasteiger partial charge on any atom is -0.312 e. The summed E-state index contributed by atoms with van der Waals surface area (Å²) in [5, 5.41) is 0. The van der Waals surface area contributed by atoms with Crippen LogP contribution in [0.3, 0.4) is 0 Å². The molecule has 10 heteroatoms. The molecule has 0 fully saturated rings. The van der Waals surface area contributed by atoms with E-state index in [2.05, 4.69) is 9.44 Å². The third-order valence-electron chi connectivity index (χ3n) is 4.66. The number of rotatable bonds is 6. The third kappa shape index (κ3) is 4.95. The standard InChI is InChI=1S/C19H23N3O5S2/c1-13(15-5-4-6-17(11-15)21-28(3,24)25)20-29(26,27)18-7-8-19-16(12-18)9-10-22(19)14(2)23/h4-8,11-13,20-21H,9-10H2,1-3H3. The van der Waals surface area contributed by atoms with Crippen molar-refractivity contribution in [1.82, 2.24) is 4.72 Å². The maximum Gasteiger partial charge on any atom is 0.241 e. The number of carbonyl (C=O) groups excluding carboxylic acids is 1. The summed E-state index contributed by atoms with van der Waals surface area (Å²) in [5.74, 6) is -0.0753. The second-order valence-electron chi connectivity index (χ2n) is 7.05. The Kier molecular flexibility index (Phi) is 5.70. The second-order valence-corrected chi connectivity index (χ2v) is 10.5. The van der Waals surface area contributed by atoms with Gasteiger partial charge in [-0.15, -0.1) is 0 Å². The van der Waals surface area contributed by atoms with E-state index in [-0.39, 0.29) is 10.8 Å². The SMILES string of the molecule is CC(=O)N1CCc2cc(S(=O)(=O)NC(C)c3cccc(NS(C)(=O)=O)c3)ccc21. The lowest BCUT2D eigenvalue weighted by atomic mass is 10.1. The largest absolute Gasteiger partial charge is 0.312 e. The van der Waals surface area contributed by atoms with Crippen molar-refractivity contribution in [2.24, 2.45) is 0 Å². The van der Waals surface area contributed by atoms with Crippen LogP contribution in [0.15, 0.2) is 47.4 Å². The van der Waals surface area contributed by atoms with E-state index in [1.165, 1.54) is 13.0 Å². The van der Waals surface area contributed by atoms with Crippen molar-refractivity contribution < 1.29 is 21.6 Å². The van der Waals surface area contributed by atoms with E-state index in [0.717, 1.165) is 17.5 Å². The Bertz CT molecular complexity index is 1160. The van der Waals surface area contributed by atoms with E-state index in [1.807, 2.05) is 0 Å². The summed E-state index contributed by atoms with van der Waals surface area (Å²) in [6.07, 6.45) is 1.65. The Balaban J connectivity index is 1.81. The first-order chi connectivity index (χ1) is 13.5. The average Bonchev–Trinajstić information content (AvgIpc) is 3.03. The number of benzene rings is 2. The zero-order valence-electron chi connectivity index (χ0n) is 16.3. The van der Waals surface area contributed by atoms with Gasteiger partial charge in [-0.2, -0.15) is 0 Å². The van der Waals surface area contributed by atoms with Crippen LogP contribution in [0.1, 0.15) is 31.0 Å². The molecule has 1 amide bonds. The molecule has 0 saturated heterocycles. The normalized spacial score (nSPS) is 15.1. The molecule has 2 N–H and O–H groups in total. The number of amides is 1. The Morgan fingerprint density at radius 2 is 1.83 bits per heavy atom. The Labute approximate surface area is 171 Å². The smallest absolute Gasteiger partial charge is 0.241 e. The van der Waals surface area contributed by atoms with Gasteiger partial charge in [0, 0.05) is 30.9 Å². The van der Waals surface area contributed by atoms with Crippen molar-refractivity contribution in [1.29, 1.82) is 0 Å². The molecule has 29 heavy (non-hydrogen) atoms. The Morgan fingerprint density at radius 3 is 2.48 bits per heavy atom. The number of nitrogens with one attached hydrogen (secondary N) is 2. The quantitative estimate of drug-likeness (QED) is 0.718. The fraction of sp³-hybridized carbons (Fsp3) is 0.316. The molecule has 2 aromatic rings. The first kappa shape index (κ1) is 21.3. The lowest BCUT2D eigenvalue weighted by Crippen LogP contribution is -2.27. The molecule has 0 saturated carbocycles. The van der Waals surface area contributed by atoms with Crippen LogP contribution in [0, 0.1) is 0 Å². The number of anilines is 2. The summed E-state index contributed by atoms with van der Waals surface area (Å²) in [6, 6.07) is 10.7. The third-order valence-corrected chi connectivity index (χ3v) is 6.80. The summed E-state index contributed by atoms with van der Waals surface area (Å²) in [6.45, 7) is 3.70. The van der Waals surface area contributed by atoms with Crippen molar-refractivity contribution in [2.75, 3.05) is 22.4 Å². The van der Waals surface area contributed by atoms with Gasteiger partial charge < -0.3 is 4.90 Å². The van der Waals surface area contributed by atoms with Crippen LogP contribution >= 0.6 is 0 Å². The highest BCUT2D eigenvalue weighted by atomic mass is 32.2. The van der Waals surface area contributed by atoms with Gasteiger partial charge >= 0.3 is 0 Å². The Hall–Kier alpha value is -2.43. The van der Waals surface area contributed by atoms with Gasteiger partial charge in [-0.3, -0.25) is 9.52 Å². The molecule has 8 nitrogen and oxygen atoms in total. The molecule has 1 atom stereocenters. The fourth-order valence-electron chi connectivity index (χ4n) is 3.33. The highest BCUT2D eigenvalue weighted by Gasteiger charge is 2.25. The molecule has 156 valence electrons. The molecule has 1 heterocycles. The first-order valence-corrected chi connectivity index (χ1v) is 12.3. The fourth-order valence-corrected chi connectivity index (χ4v) is 5.16. The van der Waals surface area contributed by atoms with Crippen LogP contribution in [-0.2, 0) is 31.3 Å². The first-order valence-electron chi connectivity index (χ1n) is 8.97. The van der Waals surface area contributed by atoms with E-state index in [1.54, 1.807) is 48.2 Å². The minimum absolute atomic E-state index is 0.0753.